The number of likely N-dealkylation sites (tertiary alicyclic amines) is 1. The van der Waals surface area contributed by atoms with Crippen LogP contribution in [0.4, 0.5) is 23.7 Å². The first-order valence-corrected chi connectivity index (χ1v) is 16.6. The van der Waals surface area contributed by atoms with Gasteiger partial charge in [0.15, 0.2) is 0 Å². The van der Waals surface area contributed by atoms with E-state index in [1.807, 2.05) is 0 Å². The lowest BCUT2D eigenvalue weighted by Crippen LogP contribution is -2.57. The standard InChI is InChI=1S/C31H45F3IN3O7/c1-20(17-35)38(21-11-10-12-36(18-21)28(41)45-29(2,3)4)26(39)22-15-24-25(16-23(22)31(32,33)34)44-30(5,19-43-7)27(40)37(24)13-8-9-14-42-6/h15-16,20-21H,8-14,17-19H2,1-7H3/t20?,21-,30?/m1/s1. The van der Waals surface area contributed by atoms with Gasteiger partial charge in [-0.1, -0.05) is 22.6 Å². The van der Waals surface area contributed by atoms with Gasteiger partial charge in [0.25, 0.3) is 11.8 Å². The van der Waals surface area contributed by atoms with Gasteiger partial charge in [-0.15, -0.1) is 0 Å². The van der Waals surface area contributed by atoms with Crippen LogP contribution in [0.2, 0.25) is 0 Å². The average Bonchev–Trinajstić information content (AvgIpc) is 2.95. The molecular formula is C31H45F3IN3O7. The molecule has 14 heteroatoms. The Bertz CT molecular complexity index is 1230. The zero-order valence-corrected chi connectivity index (χ0v) is 29.2. The normalized spacial score (nSPS) is 21.2. The number of hydrogen-bond donors (Lipinski definition) is 0. The number of nitrogens with zero attached hydrogens (tertiary/aromatic N) is 3. The Labute approximate surface area is 277 Å². The van der Waals surface area contributed by atoms with Crippen molar-refractivity contribution < 1.29 is 46.5 Å². The van der Waals surface area contributed by atoms with Crippen LogP contribution in [0.1, 0.15) is 76.2 Å². The second-order valence-electron chi connectivity index (χ2n) is 12.7. The third-order valence-electron chi connectivity index (χ3n) is 7.73. The second kappa shape index (κ2) is 15.1. The van der Waals surface area contributed by atoms with E-state index in [4.69, 9.17) is 18.9 Å². The molecule has 0 aliphatic carbocycles. The molecule has 2 unspecified atom stereocenters. The first-order chi connectivity index (χ1) is 21.0. The average molecular weight is 756 g/mol. The van der Waals surface area contributed by atoms with Gasteiger partial charge < -0.3 is 33.6 Å². The van der Waals surface area contributed by atoms with Crippen molar-refractivity contribution in [1.29, 1.82) is 0 Å². The maximum Gasteiger partial charge on any atom is 0.417 e. The second-order valence-corrected chi connectivity index (χ2v) is 13.6. The van der Waals surface area contributed by atoms with E-state index in [1.54, 1.807) is 34.8 Å². The summed E-state index contributed by atoms with van der Waals surface area (Å²) in [5, 5.41) is 0. The van der Waals surface area contributed by atoms with E-state index in [0.29, 0.717) is 43.3 Å². The van der Waals surface area contributed by atoms with E-state index < -0.39 is 58.5 Å². The number of carbonyl (C=O) groups is 3. The number of rotatable bonds is 11. The molecule has 0 saturated carbocycles. The summed E-state index contributed by atoms with van der Waals surface area (Å²) in [6.45, 7) is 9.48. The van der Waals surface area contributed by atoms with Gasteiger partial charge >= 0.3 is 12.3 Å². The molecule has 0 bridgehead atoms. The van der Waals surface area contributed by atoms with E-state index in [-0.39, 0.29) is 31.1 Å². The van der Waals surface area contributed by atoms with Crippen molar-refractivity contribution in [2.24, 2.45) is 0 Å². The van der Waals surface area contributed by atoms with Crippen LogP contribution >= 0.6 is 22.6 Å². The molecule has 0 N–H and O–H groups in total. The Kier molecular flexibility index (Phi) is 12.4. The molecule has 2 heterocycles. The molecule has 0 aromatic heterocycles. The van der Waals surface area contributed by atoms with Crippen molar-refractivity contribution >= 4 is 46.2 Å². The van der Waals surface area contributed by atoms with Crippen molar-refractivity contribution in [2.75, 3.05) is 56.4 Å². The lowest BCUT2D eigenvalue weighted by Gasteiger charge is -2.43. The van der Waals surface area contributed by atoms with Gasteiger partial charge in [0.05, 0.1) is 29.5 Å². The molecule has 3 amide bonds. The number of halogens is 4. The number of amides is 3. The highest BCUT2D eigenvalue weighted by Gasteiger charge is 2.48. The molecule has 2 aliphatic heterocycles. The van der Waals surface area contributed by atoms with Crippen LogP contribution in [0, 0.1) is 0 Å². The predicted octanol–water partition coefficient (Wildman–Crippen LogP) is 5.93. The lowest BCUT2D eigenvalue weighted by molar-refractivity contribution is -0.140. The largest absolute Gasteiger partial charge is 0.473 e. The molecule has 45 heavy (non-hydrogen) atoms. The molecule has 1 fully saturated rings. The fraction of sp³-hybridized carbons (Fsp3) is 0.710. The summed E-state index contributed by atoms with van der Waals surface area (Å²) in [4.78, 5) is 45.2. The number of unbranched alkanes of at least 4 members (excludes halogenated alkanes) is 1. The number of carbonyl (C=O) groups excluding carboxylic acids is 3. The minimum atomic E-state index is -4.90. The molecule has 1 aromatic rings. The van der Waals surface area contributed by atoms with Crippen LogP contribution in [0.15, 0.2) is 12.1 Å². The van der Waals surface area contributed by atoms with Crippen LogP contribution in [-0.2, 0) is 25.2 Å². The number of hydrogen-bond acceptors (Lipinski definition) is 7. The van der Waals surface area contributed by atoms with Crippen molar-refractivity contribution in [1.82, 2.24) is 9.80 Å². The zero-order valence-electron chi connectivity index (χ0n) is 27.1. The Morgan fingerprint density at radius 3 is 2.44 bits per heavy atom. The number of ether oxygens (including phenoxy) is 4. The molecule has 0 radical (unpaired) electrons. The number of piperidine rings is 1. The van der Waals surface area contributed by atoms with E-state index in [0.717, 1.165) is 12.1 Å². The molecule has 10 nitrogen and oxygen atoms in total. The number of benzene rings is 1. The summed E-state index contributed by atoms with van der Waals surface area (Å²) in [5.74, 6) is -1.47. The SMILES string of the molecule is COCCCCN1C(=O)C(C)(COC)Oc2cc(C(F)(F)F)c(C(=O)N(C(C)CI)[C@@H]3CCCN(C(=O)OC(C)(C)C)C3)cc21. The van der Waals surface area contributed by atoms with Gasteiger partial charge in [-0.05, 0) is 72.4 Å². The molecule has 2 aliphatic rings. The molecule has 0 spiro atoms. The fourth-order valence-electron chi connectivity index (χ4n) is 5.67. The maximum atomic E-state index is 14.7. The summed E-state index contributed by atoms with van der Waals surface area (Å²) in [7, 11) is 2.93. The minimum Gasteiger partial charge on any atom is -0.473 e. The zero-order chi connectivity index (χ0) is 33.7. The van der Waals surface area contributed by atoms with Crippen LogP contribution in [0.25, 0.3) is 0 Å². The van der Waals surface area contributed by atoms with Crippen molar-refractivity contribution in [3.8, 4) is 5.75 Å². The predicted molar refractivity (Wildman–Crippen MR) is 171 cm³/mol. The van der Waals surface area contributed by atoms with Crippen molar-refractivity contribution in [3.05, 3.63) is 23.3 Å². The summed E-state index contributed by atoms with van der Waals surface area (Å²) in [6, 6.07) is 0.939. The maximum absolute atomic E-state index is 14.7. The fourth-order valence-corrected chi connectivity index (χ4v) is 6.10. The topological polar surface area (TPSA) is 97.8 Å². The number of anilines is 1. The van der Waals surface area contributed by atoms with Gasteiger partial charge in [0.2, 0.25) is 5.60 Å². The Hall–Kier alpha value is -2.33. The van der Waals surface area contributed by atoms with Gasteiger partial charge in [0, 0.05) is 50.9 Å². The Balaban J connectivity index is 2.11. The summed E-state index contributed by atoms with van der Waals surface area (Å²) < 4.78 is 66.2. The lowest BCUT2D eigenvalue weighted by atomic mass is 9.96. The summed E-state index contributed by atoms with van der Waals surface area (Å²) in [5.41, 5.74) is -3.95. The Morgan fingerprint density at radius 2 is 1.87 bits per heavy atom. The molecule has 254 valence electrons. The molecular weight excluding hydrogens is 710 g/mol. The van der Waals surface area contributed by atoms with Gasteiger partial charge in [-0.25, -0.2) is 4.79 Å². The quantitative estimate of drug-likeness (QED) is 0.157. The monoisotopic (exact) mass is 755 g/mol. The summed E-state index contributed by atoms with van der Waals surface area (Å²) in [6.07, 6.45) is -3.27. The third kappa shape index (κ3) is 8.93. The van der Waals surface area contributed by atoms with E-state index >= 15 is 0 Å². The molecule has 3 rings (SSSR count). The van der Waals surface area contributed by atoms with Crippen molar-refractivity contribution in [3.63, 3.8) is 0 Å². The van der Waals surface area contributed by atoms with Gasteiger partial charge in [0.1, 0.15) is 11.4 Å². The number of fused-ring (bicyclic) bond motifs is 1. The van der Waals surface area contributed by atoms with E-state index in [1.165, 1.54) is 28.7 Å². The minimum absolute atomic E-state index is 0.0865. The molecule has 3 atom stereocenters. The summed E-state index contributed by atoms with van der Waals surface area (Å²) >= 11 is 2.10. The third-order valence-corrected chi connectivity index (χ3v) is 9.01. The van der Waals surface area contributed by atoms with Gasteiger partial charge in [-0.3, -0.25) is 9.59 Å². The van der Waals surface area contributed by atoms with E-state index in [9.17, 15) is 27.6 Å². The number of methoxy groups -OCH3 is 2. The molecule has 1 saturated heterocycles. The number of alkyl halides is 4. The highest BCUT2D eigenvalue weighted by Crippen LogP contribution is 2.45. The van der Waals surface area contributed by atoms with Gasteiger partial charge in [-0.2, -0.15) is 13.2 Å². The smallest absolute Gasteiger partial charge is 0.417 e. The highest BCUT2D eigenvalue weighted by molar-refractivity contribution is 14.1. The van der Waals surface area contributed by atoms with Crippen LogP contribution in [0.5, 0.6) is 5.75 Å². The highest BCUT2D eigenvalue weighted by atomic mass is 127. The van der Waals surface area contributed by atoms with E-state index in [2.05, 4.69) is 22.6 Å². The molecule has 1 aromatic carbocycles. The van der Waals surface area contributed by atoms with Crippen LogP contribution in [-0.4, -0.2) is 102 Å². The van der Waals surface area contributed by atoms with Crippen LogP contribution in [0.3, 0.4) is 0 Å². The first-order valence-electron chi connectivity index (χ1n) is 15.1. The van der Waals surface area contributed by atoms with Crippen LogP contribution < -0.4 is 9.64 Å². The Morgan fingerprint density at radius 1 is 1.18 bits per heavy atom. The van der Waals surface area contributed by atoms with Crippen molar-refractivity contribution in [2.45, 2.75) is 89.8 Å². The first kappa shape index (κ1) is 37.1.